The number of aliphatic hydroxyl groups excluding tert-OH is 3. The highest BCUT2D eigenvalue weighted by Crippen LogP contribution is 2.67. The van der Waals surface area contributed by atoms with Crippen molar-refractivity contribution in [3.63, 3.8) is 0 Å². The summed E-state index contributed by atoms with van der Waals surface area (Å²) in [5.41, 5.74) is 0.177. The zero-order valence-corrected chi connectivity index (χ0v) is 14.9. The molecule has 23 heavy (non-hydrogen) atoms. The first-order valence-corrected chi connectivity index (χ1v) is 9.82. The predicted octanol–water partition coefficient (Wildman–Crippen LogP) is 2.97. The Hall–Kier alpha value is -0.120. The van der Waals surface area contributed by atoms with Gasteiger partial charge in [0.15, 0.2) is 0 Å². The molecule has 0 aromatic heterocycles. The second-order valence-electron chi connectivity index (χ2n) is 9.82. The standard InChI is InChI=1S/C20H34O3/c1-11-4-5-14-18-15(10-17(23)20(11,14)3)19(2)7-6-13(21)8-12(19)9-16(18)22/h11-18,21-23H,4-10H2,1-3H3/t11-,12-,13+,14-,15-,16+,17-,18-,19-,20+/m0/s1. The lowest BCUT2D eigenvalue weighted by Crippen LogP contribution is -2.61. The first kappa shape index (κ1) is 16.4. The molecule has 132 valence electrons. The number of aliphatic hydroxyl groups is 3. The van der Waals surface area contributed by atoms with E-state index in [1.165, 1.54) is 6.42 Å². The van der Waals surface area contributed by atoms with Crippen molar-refractivity contribution in [1.29, 1.82) is 0 Å². The summed E-state index contributed by atoms with van der Waals surface area (Å²) < 4.78 is 0. The van der Waals surface area contributed by atoms with Gasteiger partial charge in [-0.1, -0.05) is 20.8 Å². The van der Waals surface area contributed by atoms with Crippen molar-refractivity contribution >= 4 is 0 Å². The minimum absolute atomic E-state index is 0.0144. The molecule has 0 unspecified atom stereocenters. The maximum Gasteiger partial charge on any atom is 0.0602 e. The van der Waals surface area contributed by atoms with Crippen molar-refractivity contribution in [2.45, 2.75) is 84.0 Å². The normalized spacial score (nSPS) is 62.3. The van der Waals surface area contributed by atoms with Crippen LogP contribution in [0.3, 0.4) is 0 Å². The first-order valence-electron chi connectivity index (χ1n) is 9.82. The quantitative estimate of drug-likeness (QED) is 0.642. The van der Waals surface area contributed by atoms with Gasteiger partial charge in [-0.25, -0.2) is 0 Å². The van der Waals surface area contributed by atoms with E-state index in [1.54, 1.807) is 0 Å². The molecule has 4 aliphatic rings. The summed E-state index contributed by atoms with van der Waals surface area (Å²) in [5.74, 6) is 2.20. The van der Waals surface area contributed by atoms with Crippen LogP contribution in [0, 0.1) is 40.4 Å². The van der Waals surface area contributed by atoms with Gasteiger partial charge in [-0.05, 0) is 85.4 Å². The maximum absolute atomic E-state index is 11.1. The SMILES string of the molecule is C[C@H]1CC[C@H]2[C@@H]3[C@H](O)C[C@@H]4C[C@H](O)CC[C@]4(C)[C@H]3C[C@H](O)[C@]12C. The van der Waals surface area contributed by atoms with E-state index < -0.39 is 0 Å². The van der Waals surface area contributed by atoms with E-state index >= 15 is 0 Å². The van der Waals surface area contributed by atoms with Gasteiger partial charge in [0, 0.05) is 0 Å². The lowest BCUT2D eigenvalue weighted by Gasteiger charge is -2.63. The Balaban J connectivity index is 1.71. The third kappa shape index (κ3) is 2.05. The molecular weight excluding hydrogens is 288 g/mol. The van der Waals surface area contributed by atoms with Gasteiger partial charge in [-0.3, -0.25) is 0 Å². The Morgan fingerprint density at radius 2 is 1.61 bits per heavy atom. The Morgan fingerprint density at radius 1 is 0.870 bits per heavy atom. The molecule has 0 radical (unpaired) electrons. The van der Waals surface area contributed by atoms with Gasteiger partial charge in [0.1, 0.15) is 0 Å². The summed E-state index contributed by atoms with van der Waals surface area (Å²) in [5, 5.41) is 32.2. The molecule has 0 aliphatic heterocycles. The molecule has 3 nitrogen and oxygen atoms in total. The van der Waals surface area contributed by atoms with E-state index in [1.807, 2.05) is 0 Å². The van der Waals surface area contributed by atoms with Gasteiger partial charge in [0.2, 0.25) is 0 Å². The molecule has 0 aromatic carbocycles. The summed E-state index contributed by atoms with van der Waals surface area (Å²) in [4.78, 5) is 0. The fourth-order valence-electron chi connectivity index (χ4n) is 7.48. The van der Waals surface area contributed by atoms with Crippen LogP contribution in [0.25, 0.3) is 0 Å². The fourth-order valence-corrected chi connectivity index (χ4v) is 7.48. The fraction of sp³-hybridized carbons (Fsp3) is 1.00. The van der Waals surface area contributed by atoms with E-state index in [0.717, 1.165) is 38.5 Å². The molecule has 0 amide bonds. The third-order valence-corrected chi connectivity index (χ3v) is 9.22. The van der Waals surface area contributed by atoms with E-state index in [2.05, 4.69) is 20.8 Å². The molecule has 0 saturated heterocycles. The molecule has 3 N–H and O–H groups in total. The third-order valence-electron chi connectivity index (χ3n) is 9.22. The lowest BCUT2D eigenvalue weighted by atomic mass is 9.43. The maximum atomic E-state index is 11.1. The van der Waals surface area contributed by atoms with Crippen LogP contribution in [0.15, 0.2) is 0 Å². The zero-order valence-electron chi connectivity index (χ0n) is 14.9. The van der Waals surface area contributed by atoms with Crippen molar-refractivity contribution in [3.05, 3.63) is 0 Å². The highest BCUT2D eigenvalue weighted by atomic mass is 16.3. The molecule has 0 bridgehead atoms. The predicted molar refractivity (Wildman–Crippen MR) is 89.7 cm³/mol. The monoisotopic (exact) mass is 322 g/mol. The van der Waals surface area contributed by atoms with Crippen molar-refractivity contribution < 1.29 is 15.3 Å². The average molecular weight is 322 g/mol. The van der Waals surface area contributed by atoms with Crippen LogP contribution in [0.2, 0.25) is 0 Å². The smallest absolute Gasteiger partial charge is 0.0602 e. The molecule has 4 aliphatic carbocycles. The van der Waals surface area contributed by atoms with Crippen LogP contribution in [0.4, 0.5) is 0 Å². The highest BCUT2D eigenvalue weighted by molar-refractivity contribution is 5.13. The zero-order chi connectivity index (χ0) is 16.6. The van der Waals surface area contributed by atoms with Gasteiger partial charge in [-0.15, -0.1) is 0 Å². The number of rotatable bonds is 0. The van der Waals surface area contributed by atoms with E-state index in [9.17, 15) is 15.3 Å². The highest BCUT2D eigenvalue weighted by Gasteiger charge is 2.64. The Labute approximate surface area is 140 Å². The summed E-state index contributed by atoms with van der Waals surface area (Å²) in [6, 6.07) is 0. The molecule has 4 fully saturated rings. The van der Waals surface area contributed by atoms with Gasteiger partial charge in [0.05, 0.1) is 18.3 Å². The first-order chi connectivity index (χ1) is 10.8. The second kappa shape index (κ2) is 5.19. The van der Waals surface area contributed by atoms with E-state index in [4.69, 9.17) is 0 Å². The topological polar surface area (TPSA) is 60.7 Å². The van der Waals surface area contributed by atoms with E-state index in [-0.39, 0.29) is 29.1 Å². The number of hydrogen-bond acceptors (Lipinski definition) is 3. The van der Waals surface area contributed by atoms with Crippen LogP contribution in [-0.4, -0.2) is 33.6 Å². The van der Waals surface area contributed by atoms with Crippen molar-refractivity contribution in [2.24, 2.45) is 40.4 Å². The molecule has 3 heteroatoms. The molecular formula is C20H34O3. The Kier molecular flexibility index (Phi) is 3.69. The van der Waals surface area contributed by atoms with Crippen molar-refractivity contribution in [1.82, 2.24) is 0 Å². The molecule has 4 rings (SSSR count). The minimum atomic E-state index is -0.245. The largest absolute Gasteiger partial charge is 0.393 e. The van der Waals surface area contributed by atoms with Gasteiger partial charge in [0.25, 0.3) is 0 Å². The van der Waals surface area contributed by atoms with Crippen LogP contribution in [0.1, 0.15) is 65.7 Å². The molecule has 0 heterocycles. The van der Waals surface area contributed by atoms with Crippen molar-refractivity contribution in [2.75, 3.05) is 0 Å². The number of hydrogen-bond donors (Lipinski definition) is 3. The molecule has 0 spiro atoms. The van der Waals surface area contributed by atoms with Crippen LogP contribution in [0.5, 0.6) is 0 Å². The van der Waals surface area contributed by atoms with Crippen LogP contribution >= 0.6 is 0 Å². The van der Waals surface area contributed by atoms with Crippen molar-refractivity contribution in [3.8, 4) is 0 Å². The second-order valence-corrected chi connectivity index (χ2v) is 9.82. The van der Waals surface area contributed by atoms with Crippen LogP contribution in [-0.2, 0) is 0 Å². The summed E-state index contributed by atoms with van der Waals surface area (Å²) in [6.07, 6.45) is 6.16. The van der Waals surface area contributed by atoms with Gasteiger partial charge >= 0.3 is 0 Å². The molecule has 10 atom stereocenters. The minimum Gasteiger partial charge on any atom is -0.393 e. The summed E-state index contributed by atoms with van der Waals surface area (Å²) in [6.45, 7) is 6.96. The van der Waals surface area contributed by atoms with Gasteiger partial charge in [-0.2, -0.15) is 0 Å². The Morgan fingerprint density at radius 3 is 2.35 bits per heavy atom. The number of fused-ring (bicyclic) bond motifs is 5. The van der Waals surface area contributed by atoms with Crippen LogP contribution < -0.4 is 0 Å². The Bertz CT molecular complexity index is 480. The summed E-state index contributed by atoms with van der Waals surface area (Å²) in [7, 11) is 0. The summed E-state index contributed by atoms with van der Waals surface area (Å²) >= 11 is 0. The lowest BCUT2D eigenvalue weighted by molar-refractivity contribution is -0.203. The van der Waals surface area contributed by atoms with E-state index in [0.29, 0.717) is 29.6 Å². The molecule has 4 saturated carbocycles. The van der Waals surface area contributed by atoms with Gasteiger partial charge < -0.3 is 15.3 Å². The average Bonchev–Trinajstić information content (AvgIpc) is 2.80. The molecule has 0 aromatic rings.